The molecule has 0 bridgehead atoms. The van der Waals surface area contributed by atoms with Crippen molar-refractivity contribution in [1.29, 1.82) is 0 Å². The van der Waals surface area contributed by atoms with E-state index in [0.717, 1.165) is 11.1 Å². The van der Waals surface area contributed by atoms with Gasteiger partial charge in [0, 0.05) is 17.9 Å². The Bertz CT molecular complexity index is 917. The van der Waals surface area contributed by atoms with Gasteiger partial charge in [-0.3, -0.25) is 14.4 Å². The van der Waals surface area contributed by atoms with Crippen molar-refractivity contribution in [2.45, 2.75) is 25.6 Å². The summed E-state index contributed by atoms with van der Waals surface area (Å²) < 4.78 is 0. The first-order valence-corrected chi connectivity index (χ1v) is 10.8. The van der Waals surface area contributed by atoms with Crippen LogP contribution in [0.1, 0.15) is 34.5 Å². The lowest BCUT2D eigenvalue weighted by atomic mass is 10.1. The van der Waals surface area contributed by atoms with E-state index in [0.29, 0.717) is 23.7 Å². The molecule has 2 aromatic rings. The summed E-state index contributed by atoms with van der Waals surface area (Å²) in [7, 11) is 0. The molecule has 0 radical (unpaired) electrons. The van der Waals surface area contributed by atoms with Gasteiger partial charge in [0.15, 0.2) is 0 Å². The summed E-state index contributed by atoms with van der Waals surface area (Å²) in [6.07, 6.45) is 0. The molecular weight excluding hydrogens is 386 g/mol. The van der Waals surface area contributed by atoms with Gasteiger partial charge in [0.05, 0.1) is 11.9 Å². The van der Waals surface area contributed by atoms with Crippen molar-refractivity contribution in [3.63, 3.8) is 0 Å². The van der Waals surface area contributed by atoms with Crippen LogP contribution >= 0.6 is 11.8 Å². The van der Waals surface area contributed by atoms with E-state index in [1.54, 1.807) is 33.7 Å². The monoisotopic (exact) mass is 409 g/mol. The lowest BCUT2D eigenvalue weighted by molar-refractivity contribution is -0.153. The number of amides is 3. The number of nitrogens with zero attached hydrogens (tertiary/aromatic N) is 2. The molecule has 0 aliphatic carbocycles. The van der Waals surface area contributed by atoms with Gasteiger partial charge in [0.25, 0.3) is 5.91 Å². The summed E-state index contributed by atoms with van der Waals surface area (Å²) in [5.74, 6) is 1.14. The van der Waals surface area contributed by atoms with Gasteiger partial charge in [-0.2, -0.15) is 0 Å². The Morgan fingerprint density at radius 3 is 2.59 bits per heavy atom. The van der Waals surface area contributed by atoms with Crippen LogP contribution < -0.4 is 5.32 Å². The molecule has 2 unspecified atom stereocenters. The first kappa shape index (κ1) is 19.5. The van der Waals surface area contributed by atoms with Crippen LogP contribution in [-0.2, 0) is 16.1 Å². The molecule has 2 saturated heterocycles. The van der Waals surface area contributed by atoms with E-state index in [2.05, 4.69) is 5.32 Å². The smallest absolute Gasteiger partial charge is 0.251 e. The summed E-state index contributed by atoms with van der Waals surface area (Å²) >= 11 is 1.62. The second-order valence-electron chi connectivity index (χ2n) is 7.38. The standard InChI is InChI=1S/C22H23N3O3S/c1-15(17-5-3-2-4-6-17)23-21(27)18-9-7-16(8-10-18)11-24-12-20(26)25-14-29-13-19(25)22(24)28/h2-10,15,19H,11-14H2,1H3,(H,23,27). The highest BCUT2D eigenvalue weighted by atomic mass is 32.2. The van der Waals surface area contributed by atoms with E-state index in [1.807, 2.05) is 49.4 Å². The van der Waals surface area contributed by atoms with E-state index in [4.69, 9.17) is 0 Å². The number of carbonyl (C=O) groups excluding carboxylic acids is 3. The van der Waals surface area contributed by atoms with Crippen molar-refractivity contribution < 1.29 is 14.4 Å². The third-order valence-corrected chi connectivity index (χ3v) is 6.37. The number of piperazine rings is 1. The van der Waals surface area contributed by atoms with E-state index in [-0.39, 0.29) is 36.3 Å². The van der Waals surface area contributed by atoms with E-state index in [9.17, 15) is 14.4 Å². The summed E-state index contributed by atoms with van der Waals surface area (Å²) in [6, 6.07) is 16.6. The number of thioether (sulfide) groups is 1. The average Bonchev–Trinajstić information content (AvgIpc) is 3.24. The summed E-state index contributed by atoms with van der Waals surface area (Å²) in [4.78, 5) is 40.7. The van der Waals surface area contributed by atoms with Crippen molar-refractivity contribution in [2.24, 2.45) is 0 Å². The van der Waals surface area contributed by atoms with Gasteiger partial charge >= 0.3 is 0 Å². The third kappa shape index (κ3) is 4.15. The van der Waals surface area contributed by atoms with Crippen LogP contribution in [0.2, 0.25) is 0 Å². The Labute approximate surface area is 174 Å². The summed E-state index contributed by atoms with van der Waals surface area (Å²) in [5, 5.41) is 3.00. The Morgan fingerprint density at radius 2 is 1.86 bits per heavy atom. The predicted molar refractivity (Wildman–Crippen MR) is 112 cm³/mol. The molecule has 2 aliphatic heterocycles. The molecule has 4 rings (SSSR count). The molecule has 29 heavy (non-hydrogen) atoms. The lowest BCUT2D eigenvalue weighted by Crippen LogP contribution is -2.57. The Kier molecular flexibility index (Phi) is 5.58. The molecule has 3 amide bonds. The topological polar surface area (TPSA) is 69.7 Å². The first-order valence-electron chi connectivity index (χ1n) is 9.63. The molecule has 2 aromatic carbocycles. The Hall–Kier alpha value is -2.80. The number of nitrogens with one attached hydrogen (secondary N) is 1. The normalized spacial score (nSPS) is 19.8. The number of carbonyl (C=O) groups is 3. The second kappa shape index (κ2) is 8.29. The zero-order chi connectivity index (χ0) is 20.4. The van der Waals surface area contributed by atoms with Crippen LogP contribution in [0.15, 0.2) is 54.6 Å². The van der Waals surface area contributed by atoms with E-state index < -0.39 is 0 Å². The van der Waals surface area contributed by atoms with E-state index in [1.165, 1.54) is 0 Å². The maximum Gasteiger partial charge on any atom is 0.251 e. The molecule has 2 heterocycles. The highest BCUT2D eigenvalue weighted by Gasteiger charge is 2.42. The van der Waals surface area contributed by atoms with Gasteiger partial charge in [-0.05, 0) is 30.2 Å². The van der Waals surface area contributed by atoms with Gasteiger partial charge in [-0.1, -0.05) is 42.5 Å². The maximum absolute atomic E-state index is 12.6. The number of fused-ring (bicyclic) bond motifs is 1. The summed E-state index contributed by atoms with van der Waals surface area (Å²) in [6.45, 7) is 2.44. The maximum atomic E-state index is 12.6. The van der Waals surface area contributed by atoms with Crippen molar-refractivity contribution >= 4 is 29.5 Å². The minimum Gasteiger partial charge on any atom is -0.346 e. The number of benzene rings is 2. The fourth-order valence-electron chi connectivity index (χ4n) is 3.66. The molecule has 150 valence electrons. The van der Waals surface area contributed by atoms with Crippen LogP contribution in [-0.4, -0.2) is 51.7 Å². The SMILES string of the molecule is CC(NC(=O)c1ccc(CN2CC(=O)N3CSCC3C2=O)cc1)c1ccccc1. The molecule has 2 aliphatic rings. The zero-order valence-corrected chi connectivity index (χ0v) is 17.0. The van der Waals surface area contributed by atoms with Gasteiger partial charge in [0.2, 0.25) is 11.8 Å². The van der Waals surface area contributed by atoms with Gasteiger partial charge in [0.1, 0.15) is 12.6 Å². The van der Waals surface area contributed by atoms with Crippen molar-refractivity contribution in [3.8, 4) is 0 Å². The van der Waals surface area contributed by atoms with Crippen molar-refractivity contribution in [1.82, 2.24) is 15.1 Å². The van der Waals surface area contributed by atoms with Crippen molar-refractivity contribution in [3.05, 3.63) is 71.3 Å². The minimum absolute atomic E-state index is 0.00509. The number of hydrogen-bond donors (Lipinski definition) is 1. The van der Waals surface area contributed by atoms with Crippen molar-refractivity contribution in [2.75, 3.05) is 18.2 Å². The second-order valence-corrected chi connectivity index (χ2v) is 8.38. The van der Waals surface area contributed by atoms with Crippen LogP contribution in [0.4, 0.5) is 0 Å². The third-order valence-electron chi connectivity index (χ3n) is 5.36. The molecule has 0 spiro atoms. The van der Waals surface area contributed by atoms with Crippen LogP contribution in [0.25, 0.3) is 0 Å². The first-order chi connectivity index (χ1) is 14.0. The fraction of sp³-hybridized carbons (Fsp3) is 0.318. The van der Waals surface area contributed by atoms with Gasteiger partial charge in [-0.25, -0.2) is 0 Å². The molecule has 0 saturated carbocycles. The molecule has 6 nitrogen and oxygen atoms in total. The van der Waals surface area contributed by atoms with Crippen LogP contribution in [0, 0.1) is 0 Å². The van der Waals surface area contributed by atoms with Crippen LogP contribution in [0.3, 0.4) is 0 Å². The molecular formula is C22H23N3O3S. The average molecular weight is 410 g/mol. The molecule has 0 aromatic heterocycles. The minimum atomic E-state index is -0.328. The molecule has 7 heteroatoms. The Balaban J connectivity index is 1.38. The number of rotatable bonds is 5. The number of hydrogen-bond acceptors (Lipinski definition) is 4. The lowest BCUT2D eigenvalue weighted by Gasteiger charge is -2.35. The fourth-order valence-corrected chi connectivity index (χ4v) is 4.83. The molecule has 1 N–H and O–H groups in total. The van der Waals surface area contributed by atoms with E-state index >= 15 is 0 Å². The molecule has 2 fully saturated rings. The molecule has 2 atom stereocenters. The summed E-state index contributed by atoms with van der Waals surface area (Å²) in [5.41, 5.74) is 2.51. The Morgan fingerprint density at radius 1 is 1.14 bits per heavy atom. The largest absolute Gasteiger partial charge is 0.346 e. The van der Waals surface area contributed by atoms with Gasteiger partial charge < -0.3 is 15.1 Å². The quantitative estimate of drug-likeness (QED) is 0.824. The van der Waals surface area contributed by atoms with Crippen LogP contribution in [0.5, 0.6) is 0 Å². The highest BCUT2D eigenvalue weighted by molar-refractivity contribution is 7.99. The zero-order valence-electron chi connectivity index (χ0n) is 16.2. The highest BCUT2D eigenvalue weighted by Crippen LogP contribution is 2.26. The van der Waals surface area contributed by atoms with Gasteiger partial charge in [-0.15, -0.1) is 11.8 Å². The predicted octanol–water partition coefficient (Wildman–Crippen LogP) is 2.42.